The number of hydrogen-bond donors (Lipinski definition) is 2. The summed E-state index contributed by atoms with van der Waals surface area (Å²) in [5, 5.41) is 2.92. The van der Waals surface area contributed by atoms with E-state index in [-0.39, 0.29) is 11.4 Å². The second-order valence-electron chi connectivity index (χ2n) is 4.41. The van der Waals surface area contributed by atoms with Crippen molar-refractivity contribution in [1.82, 2.24) is 4.57 Å². The van der Waals surface area contributed by atoms with Crippen molar-refractivity contribution in [3.63, 3.8) is 0 Å². The summed E-state index contributed by atoms with van der Waals surface area (Å²) in [6, 6.07) is 1.80. The minimum absolute atomic E-state index is 0.100. The molecule has 1 saturated carbocycles. The maximum atomic E-state index is 11.9. The van der Waals surface area contributed by atoms with E-state index in [1.165, 1.54) is 0 Å². The highest BCUT2D eigenvalue weighted by Gasteiger charge is 2.56. The largest absolute Gasteiger partial charge is 0.385 e. The lowest BCUT2D eigenvalue weighted by Crippen LogP contribution is -2.48. The Morgan fingerprint density at radius 3 is 2.73 bits per heavy atom. The average Bonchev–Trinajstić information content (AvgIpc) is 2.91. The van der Waals surface area contributed by atoms with Crippen molar-refractivity contribution >= 4 is 23.2 Å². The van der Waals surface area contributed by atoms with Gasteiger partial charge >= 0.3 is 0 Å². The number of nitrogens with two attached hydrogens (primary N) is 1. The summed E-state index contributed by atoms with van der Waals surface area (Å²) < 4.78 is 1.91. The number of hydrogen-bond acceptors (Lipinski definition) is 3. The van der Waals surface area contributed by atoms with Crippen LogP contribution in [-0.2, 0) is 11.8 Å². The van der Waals surface area contributed by atoms with Gasteiger partial charge < -0.3 is 20.5 Å². The number of likely N-dealkylation sites (N-methyl/N-ethyl adjacent to an activating group) is 1. The van der Waals surface area contributed by atoms with Gasteiger partial charge in [-0.05, 0) is 12.8 Å². The third-order valence-electron chi connectivity index (χ3n) is 3.59. The van der Waals surface area contributed by atoms with Crippen LogP contribution in [0.25, 0.3) is 0 Å². The van der Waals surface area contributed by atoms with E-state index in [0.717, 1.165) is 24.3 Å². The van der Waals surface area contributed by atoms with Crippen LogP contribution in [0.4, 0.5) is 17.3 Å². The third kappa shape index (κ3) is 0.854. The van der Waals surface area contributed by atoms with E-state index in [0.29, 0.717) is 5.82 Å². The number of nitrogens with one attached hydrogen (secondary N) is 1. The highest BCUT2D eigenvalue weighted by atomic mass is 16.2. The lowest BCUT2D eigenvalue weighted by Gasteiger charge is -2.34. The van der Waals surface area contributed by atoms with Crippen LogP contribution in [0.5, 0.6) is 0 Å². The zero-order valence-corrected chi connectivity index (χ0v) is 8.87. The number of rotatable bonds is 0. The predicted octanol–water partition coefficient (Wildman–Crippen LogP) is 0.528. The Balaban J connectivity index is 2.19. The van der Waals surface area contributed by atoms with E-state index < -0.39 is 0 Å². The number of amides is 1. The topological polar surface area (TPSA) is 63.3 Å². The summed E-state index contributed by atoms with van der Waals surface area (Å²) in [5.41, 5.74) is 6.34. The Kier molecular flexibility index (Phi) is 1.32. The molecule has 0 atom stereocenters. The van der Waals surface area contributed by atoms with Crippen molar-refractivity contribution < 1.29 is 4.79 Å². The smallest absolute Gasteiger partial charge is 0.250 e. The van der Waals surface area contributed by atoms with Gasteiger partial charge in [0.2, 0.25) is 5.91 Å². The first-order valence-corrected chi connectivity index (χ1v) is 5.07. The molecule has 1 spiro atoms. The molecule has 80 valence electrons. The van der Waals surface area contributed by atoms with Crippen molar-refractivity contribution in [2.24, 2.45) is 7.05 Å². The Bertz CT molecular complexity index is 458. The van der Waals surface area contributed by atoms with E-state index in [4.69, 9.17) is 5.73 Å². The first-order chi connectivity index (χ1) is 7.06. The number of nitrogen functional groups attached to an aromatic ring is 1. The van der Waals surface area contributed by atoms with E-state index in [2.05, 4.69) is 10.2 Å². The van der Waals surface area contributed by atoms with Gasteiger partial charge in [0.05, 0.1) is 5.69 Å². The molecule has 1 aromatic rings. The molecule has 15 heavy (non-hydrogen) atoms. The molecular weight excluding hydrogens is 192 g/mol. The van der Waals surface area contributed by atoms with Crippen LogP contribution in [0, 0.1) is 0 Å². The molecule has 3 N–H and O–H groups in total. The predicted molar refractivity (Wildman–Crippen MR) is 58.8 cm³/mol. The van der Waals surface area contributed by atoms with Gasteiger partial charge in [-0.15, -0.1) is 0 Å². The highest BCUT2D eigenvalue weighted by Crippen LogP contribution is 2.50. The molecule has 0 radical (unpaired) electrons. The van der Waals surface area contributed by atoms with Gasteiger partial charge in [0.1, 0.15) is 17.2 Å². The summed E-state index contributed by atoms with van der Waals surface area (Å²) in [6.07, 6.45) is 1.86. The Morgan fingerprint density at radius 2 is 2.13 bits per heavy atom. The van der Waals surface area contributed by atoms with Gasteiger partial charge in [-0.25, -0.2) is 0 Å². The van der Waals surface area contributed by atoms with Crippen LogP contribution in [0.2, 0.25) is 0 Å². The molecule has 1 aliphatic heterocycles. The number of anilines is 3. The molecule has 1 aliphatic carbocycles. The zero-order valence-electron chi connectivity index (χ0n) is 8.87. The Morgan fingerprint density at radius 1 is 1.47 bits per heavy atom. The second-order valence-corrected chi connectivity index (χ2v) is 4.41. The fourth-order valence-electron chi connectivity index (χ4n) is 2.38. The molecule has 0 saturated heterocycles. The molecule has 1 aromatic heterocycles. The van der Waals surface area contributed by atoms with Crippen LogP contribution < -0.4 is 16.0 Å². The Labute approximate surface area is 87.8 Å². The average molecular weight is 206 g/mol. The molecular formula is C10H14N4O. The van der Waals surface area contributed by atoms with Gasteiger partial charge in [-0.1, -0.05) is 0 Å². The molecule has 2 heterocycles. The second kappa shape index (κ2) is 2.29. The SMILES string of the molecule is CN1c2c(cc(N)n2C)NC(=O)C12CC2. The fraction of sp³-hybridized carbons (Fsp3) is 0.500. The molecule has 5 nitrogen and oxygen atoms in total. The van der Waals surface area contributed by atoms with Crippen LogP contribution >= 0.6 is 0 Å². The lowest BCUT2D eigenvalue weighted by atomic mass is 10.1. The van der Waals surface area contributed by atoms with Crippen molar-refractivity contribution in [1.29, 1.82) is 0 Å². The van der Waals surface area contributed by atoms with E-state index >= 15 is 0 Å². The van der Waals surface area contributed by atoms with Gasteiger partial charge in [-0.3, -0.25) is 4.79 Å². The van der Waals surface area contributed by atoms with Gasteiger partial charge in [0.15, 0.2) is 0 Å². The van der Waals surface area contributed by atoms with Crippen LogP contribution in [0.3, 0.4) is 0 Å². The minimum atomic E-state index is -0.300. The van der Waals surface area contributed by atoms with Crippen molar-refractivity contribution in [3.8, 4) is 0 Å². The summed E-state index contributed by atoms with van der Waals surface area (Å²) in [6.45, 7) is 0. The summed E-state index contributed by atoms with van der Waals surface area (Å²) >= 11 is 0. The monoisotopic (exact) mass is 206 g/mol. The third-order valence-corrected chi connectivity index (χ3v) is 3.59. The zero-order chi connectivity index (χ0) is 10.8. The number of carbonyl (C=O) groups excluding carboxylic acids is 1. The quantitative estimate of drug-likeness (QED) is 0.650. The molecule has 1 amide bonds. The normalized spacial score (nSPS) is 21.5. The maximum Gasteiger partial charge on any atom is 0.250 e. The number of carbonyl (C=O) groups is 1. The van der Waals surface area contributed by atoms with Crippen LogP contribution in [-0.4, -0.2) is 23.1 Å². The first-order valence-electron chi connectivity index (χ1n) is 5.07. The van der Waals surface area contributed by atoms with Crippen molar-refractivity contribution in [2.45, 2.75) is 18.4 Å². The minimum Gasteiger partial charge on any atom is -0.385 e. The molecule has 0 bridgehead atoms. The van der Waals surface area contributed by atoms with Gasteiger partial charge in [0, 0.05) is 20.2 Å². The van der Waals surface area contributed by atoms with Crippen molar-refractivity contribution in [3.05, 3.63) is 6.07 Å². The molecule has 2 aliphatic rings. The van der Waals surface area contributed by atoms with Crippen molar-refractivity contribution in [2.75, 3.05) is 23.0 Å². The molecule has 3 rings (SSSR count). The molecule has 5 heteroatoms. The van der Waals surface area contributed by atoms with Gasteiger partial charge in [0.25, 0.3) is 0 Å². The molecule has 0 unspecified atom stereocenters. The van der Waals surface area contributed by atoms with E-state index in [1.54, 1.807) is 6.07 Å². The molecule has 0 aromatic carbocycles. The van der Waals surface area contributed by atoms with Gasteiger partial charge in [-0.2, -0.15) is 0 Å². The summed E-state index contributed by atoms with van der Waals surface area (Å²) in [5.74, 6) is 1.78. The number of aromatic nitrogens is 1. The summed E-state index contributed by atoms with van der Waals surface area (Å²) in [4.78, 5) is 13.9. The summed E-state index contributed by atoms with van der Waals surface area (Å²) in [7, 11) is 3.88. The van der Waals surface area contributed by atoms with E-state index in [1.807, 2.05) is 18.7 Å². The van der Waals surface area contributed by atoms with Crippen LogP contribution in [0.1, 0.15) is 12.8 Å². The maximum absolute atomic E-state index is 11.9. The fourth-order valence-corrected chi connectivity index (χ4v) is 2.38. The Hall–Kier alpha value is -1.65. The molecule has 1 fully saturated rings. The highest BCUT2D eigenvalue weighted by molar-refractivity contribution is 6.08. The number of fused-ring (bicyclic) bond motifs is 1. The first kappa shape index (κ1) is 8.64. The van der Waals surface area contributed by atoms with E-state index in [9.17, 15) is 4.79 Å². The lowest BCUT2D eigenvalue weighted by molar-refractivity contribution is -0.118. The standard InChI is InChI=1S/C10H14N4O/c1-13-7(11)5-6-8(13)14(2)10(3-4-10)9(15)12-6/h5H,3-4,11H2,1-2H3,(H,12,15). The number of nitrogens with zero attached hydrogens (tertiary/aromatic N) is 2. The van der Waals surface area contributed by atoms with Crippen LogP contribution in [0.15, 0.2) is 6.07 Å².